The molecule has 0 aliphatic heterocycles. The van der Waals surface area contributed by atoms with Gasteiger partial charge in [0, 0.05) is 41.1 Å². The summed E-state index contributed by atoms with van der Waals surface area (Å²) in [5.74, 6) is 0. The number of carbonyl (C=O) groups is 1. The molecular weight excluding hydrogens is 444 g/mol. The number of benzene rings is 2. The van der Waals surface area contributed by atoms with E-state index in [0.29, 0.717) is 5.56 Å². The number of fused-ring (bicyclic) bond motifs is 2. The number of aromatic nitrogens is 4. The van der Waals surface area contributed by atoms with Gasteiger partial charge in [0.1, 0.15) is 11.3 Å². The maximum Gasteiger partial charge on any atom is 0.152 e. The maximum atomic E-state index is 11.2. The number of H-pyrrole nitrogens is 2. The summed E-state index contributed by atoms with van der Waals surface area (Å²) in [5, 5.41) is 2.07. The molecule has 6 aromatic rings. The summed E-state index contributed by atoms with van der Waals surface area (Å²) in [7, 11) is 0. The predicted molar refractivity (Wildman–Crippen MR) is 147 cm³/mol. The molecule has 36 heavy (non-hydrogen) atoms. The van der Waals surface area contributed by atoms with Crippen LogP contribution < -0.4 is 0 Å². The third-order valence-electron chi connectivity index (χ3n) is 6.54. The lowest BCUT2D eigenvalue weighted by molar-refractivity contribution is 0.112. The number of pyridine rings is 2. The van der Waals surface area contributed by atoms with Crippen LogP contribution in [0.4, 0.5) is 0 Å². The van der Waals surface area contributed by atoms with Gasteiger partial charge in [0.2, 0.25) is 0 Å². The van der Waals surface area contributed by atoms with Crippen molar-refractivity contribution in [2.45, 2.75) is 27.7 Å². The number of aryl methyl sites for hydroxylation is 4. The fourth-order valence-corrected chi connectivity index (χ4v) is 4.83. The Morgan fingerprint density at radius 1 is 0.667 bits per heavy atom. The molecule has 0 amide bonds. The highest BCUT2D eigenvalue weighted by Gasteiger charge is 2.12. The highest BCUT2D eigenvalue weighted by Crippen LogP contribution is 2.32. The summed E-state index contributed by atoms with van der Waals surface area (Å²) >= 11 is 0. The topological polar surface area (TPSA) is 74.4 Å². The summed E-state index contributed by atoms with van der Waals surface area (Å²) in [4.78, 5) is 25.9. The van der Waals surface area contributed by atoms with E-state index < -0.39 is 0 Å². The van der Waals surface area contributed by atoms with E-state index in [1.807, 2.05) is 18.5 Å². The van der Waals surface area contributed by atoms with E-state index in [4.69, 9.17) is 0 Å². The van der Waals surface area contributed by atoms with E-state index in [9.17, 15) is 4.79 Å². The van der Waals surface area contributed by atoms with Crippen LogP contribution in [0.1, 0.15) is 32.6 Å². The first-order valence-electron chi connectivity index (χ1n) is 11.9. The van der Waals surface area contributed by atoms with Crippen molar-refractivity contribution in [3.05, 3.63) is 107 Å². The molecule has 0 atom stereocenters. The van der Waals surface area contributed by atoms with Gasteiger partial charge < -0.3 is 9.97 Å². The molecular formula is C31H28N4O. The first-order valence-corrected chi connectivity index (χ1v) is 11.9. The van der Waals surface area contributed by atoms with Gasteiger partial charge in [-0.05, 0) is 79.3 Å². The second kappa shape index (κ2) is 9.62. The molecule has 178 valence electrons. The minimum atomic E-state index is 0.651. The molecule has 2 aromatic carbocycles. The molecule has 0 unspecified atom stereocenters. The molecule has 0 aliphatic rings. The Kier molecular flexibility index (Phi) is 6.21. The number of hydrogen-bond acceptors (Lipinski definition) is 3. The molecule has 0 fully saturated rings. The van der Waals surface area contributed by atoms with Crippen LogP contribution in [0.5, 0.6) is 0 Å². The van der Waals surface area contributed by atoms with E-state index in [-0.39, 0.29) is 0 Å². The molecule has 0 bridgehead atoms. The number of nitrogens with one attached hydrogen (secondary N) is 2. The average molecular weight is 473 g/mol. The molecule has 2 N–H and O–H groups in total. The predicted octanol–water partition coefficient (Wildman–Crippen LogP) is 7.51. The largest absolute Gasteiger partial charge is 0.346 e. The molecule has 5 heteroatoms. The normalized spacial score (nSPS) is 10.9. The van der Waals surface area contributed by atoms with Gasteiger partial charge in [-0.3, -0.25) is 4.79 Å². The quantitative estimate of drug-likeness (QED) is 0.262. The van der Waals surface area contributed by atoms with E-state index >= 15 is 0 Å². The van der Waals surface area contributed by atoms with Crippen molar-refractivity contribution in [3.63, 3.8) is 0 Å². The van der Waals surface area contributed by atoms with Crippen LogP contribution >= 0.6 is 0 Å². The van der Waals surface area contributed by atoms with Gasteiger partial charge in [-0.15, -0.1) is 0 Å². The molecule has 0 aliphatic carbocycles. The summed E-state index contributed by atoms with van der Waals surface area (Å²) in [6.45, 7) is 8.43. The summed E-state index contributed by atoms with van der Waals surface area (Å²) in [5.41, 5.74) is 12.1. The summed E-state index contributed by atoms with van der Waals surface area (Å²) in [6, 6.07) is 19.0. The minimum absolute atomic E-state index is 0.651. The van der Waals surface area contributed by atoms with Gasteiger partial charge in [0.25, 0.3) is 0 Å². The van der Waals surface area contributed by atoms with E-state index in [2.05, 4.69) is 96.2 Å². The number of aldehydes is 1. The monoisotopic (exact) mass is 472 g/mol. The molecule has 0 saturated heterocycles. The fourth-order valence-electron chi connectivity index (χ4n) is 4.83. The zero-order chi connectivity index (χ0) is 25.2. The van der Waals surface area contributed by atoms with Crippen LogP contribution in [0.25, 0.3) is 44.3 Å². The molecule has 0 radical (unpaired) electrons. The van der Waals surface area contributed by atoms with Crippen LogP contribution in [0.3, 0.4) is 0 Å². The Bertz CT molecular complexity index is 1710. The van der Waals surface area contributed by atoms with Crippen LogP contribution in [0, 0.1) is 27.7 Å². The summed E-state index contributed by atoms with van der Waals surface area (Å²) in [6.07, 6.45) is 8.13. The van der Waals surface area contributed by atoms with Gasteiger partial charge >= 0.3 is 0 Å². The second-order valence-electron chi connectivity index (χ2n) is 9.18. The van der Waals surface area contributed by atoms with E-state index in [1.54, 1.807) is 12.4 Å². The Balaban J connectivity index is 0.000000149. The minimum Gasteiger partial charge on any atom is -0.346 e. The lowest BCUT2D eigenvalue weighted by Gasteiger charge is -2.08. The second-order valence-corrected chi connectivity index (χ2v) is 9.18. The van der Waals surface area contributed by atoms with Gasteiger partial charge in [-0.25, -0.2) is 9.97 Å². The SMILES string of the molecule is Cc1ccc(-c2ccnc3[nH]cc(C=O)c23)c(C)c1.Cc1ccc(-c2ccnc3[nH]ccc23)c(C)c1. The smallest absolute Gasteiger partial charge is 0.152 e. The van der Waals surface area contributed by atoms with Crippen molar-refractivity contribution in [3.8, 4) is 22.3 Å². The van der Waals surface area contributed by atoms with Crippen molar-refractivity contribution in [2.24, 2.45) is 0 Å². The molecule has 4 heterocycles. The van der Waals surface area contributed by atoms with Crippen LogP contribution in [-0.4, -0.2) is 26.2 Å². The number of aromatic amines is 2. The number of rotatable bonds is 3. The molecule has 4 aromatic heterocycles. The number of carbonyl (C=O) groups excluding carboxylic acids is 1. The van der Waals surface area contributed by atoms with Crippen LogP contribution in [-0.2, 0) is 0 Å². The number of hydrogen-bond donors (Lipinski definition) is 2. The Labute approximate surface area is 210 Å². The third kappa shape index (κ3) is 4.31. The van der Waals surface area contributed by atoms with E-state index in [0.717, 1.165) is 34.1 Å². The first kappa shape index (κ1) is 23.2. The first-order chi connectivity index (χ1) is 17.5. The van der Waals surface area contributed by atoms with E-state index in [1.165, 1.54) is 38.8 Å². The Morgan fingerprint density at radius 2 is 1.28 bits per heavy atom. The van der Waals surface area contributed by atoms with Gasteiger partial charge in [-0.1, -0.05) is 47.5 Å². The van der Waals surface area contributed by atoms with Crippen molar-refractivity contribution < 1.29 is 4.79 Å². The molecule has 0 spiro atoms. The molecule has 5 nitrogen and oxygen atoms in total. The Hall–Kier alpha value is -4.51. The molecule has 0 saturated carbocycles. The van der Waals surface area contributed by atoms with Crippen molar-refractivity contribution in [1.82, 2.24) is 19.9 Å². The lowest BCUT2D eigenvalue weighted by Crippen LogP contribution is -1.88. The molecule has 6 rings (SSSR count). The Morgan fingerprint density at radius 3 is 1.92 bits per heavy atom. The average Bonchev–Trinajstić information content (AvgIpc) is 3.52. The standard InChI is InChI=1S/C16H14N2O.C15H14N2/c1-10-3-4-13(11(2)7-10)14-5-6-17-16-15(14)12(9-19)8-18-16;1-10-3-4-12(11(2)9-10)13-5-7-16-15-14(13)6-8-17-15/h3-9H,1-2H3,(H,17,18);3-9H,1-2H3,(H,16,17). The zero-order valence-electron chi connectivity index (χ0n) is 20.9. The summed E-state index contributed by atoms with van der Waals surface area (Å²) < 4.78 is 0. The lowest BCUT2D eigenvalue weighted by atomic mass is 9.96. The highest BCUT2D eigenvalue weighted by atomic mass is 16.1. The van der Waals surface area contributed by atoms with Crippen LogP contribution in [0.2, 0.25) is 0 Å². The van der Waals surface area contributed by atoms with Gasteiger partial charge in [0.05, 0.1) is 0 Å². The fraction of sp³-hybridized carbons (Fsp3) is 0.129. The maximum absolute atomic E-state index is 11.2. The van der Waals surface area contributed by atoms with Crippen LogP contribution in [0.15, 0.2) is 79.4 Å². The van der Waals surface area contributed by atoms with Crippen molar-refractivity contribution in [2.75, 3.05) is 0 Å². The van der Waals surface area contributed by atoms with Gasteiger partial charge in [0.15, 0.2) is 6.29 Å². The zero-order valence-corrected chi connectivity index (χ0v) is 20.9. The van der Waals surface area contributed by atoms with Crippen molar-refractivity contribution >= 4 is 28.4 Å². The number of nitrogens with zero attached hydrogens (tertiary/aromatic N) is 2. The van der Waals surface area contributed by atoms with Crippen molar-refractivity contribution in [1.29, 1.82) is 0 Å². The highest BCUT2D eigenvalue weighted by molar-refractivity contribution is 6.04. The third-order valence-corrected chi connectivity index (χ3v) is 6.54. The van der Waals surface area contributed by atoms with Gasteiger partial charge in [-0.2, -0.15) is 0 Å².